The fourth-order valence-electron chi connectivity index (χ4n) is 5.88. The fraction of sp³-hybridized carbons (Fsp3) is 0.833. The van der Waals surface area contributed by atoms with E-state index in [1.807, 2.05) is 4.98 Å². The molecule has 1 aliphatic heterocycles. The lowest BCUT2D eigenvalue weighted by Gasteiger charge is -2.27. The fourth-order valence-corrected chi connectivity index (χ4v) is 6.63. The van der Waals surface area contributed by atoms with Gasteiger partial charge in [-0.3, -0.25) is 28.5 Å². The third-order valence-electron chi connectivity index (χ3n) is 8.98. The lowest BCUT2D eigenvalue weighted by molar-refractivity contribution is -0.231. The molecule has 0 spiro atoms. The zero-order valence-electron chi connectivity index (χ0n) is 32.1. The minimum absolute atomic E-state index is 0. The van der Waals surface area contributed by atoms with Gasteiger partial charge in [0.15, 0.2) is 12.3 Å². The van der Waals surface area contributed by atoms with Gasteiger partial charge in [0.05, 0.1) is 13.2 Å². The summed E-state index contributed by atoms with van der Waals surface area (Å²) in [5.74, 6) is -1.07. The molecule has 0 aliphatic carbocycles. The van der Waals surface area contributed by atoms with E-state index in [0.717, 1.165) is 61.8 Å². The SMILES string of the molecule is CCCCCCCCCCCC(=O)OC[C@@H](COP(=O)([O-])OC[C@H]1O[C@@H](n2ccc(=O)[nH]c2=O)[C@@H](O)C1O)OC(=O)CCCCCCCCCCC.[NH4+]. The summed E-state index contributed by atoms with van der Waals surface area (Å²) < 4.78 is 39.6. The molecule has 0 radical (unpaired) electrons. The predicted molar refractivity (Wildman–Crippen MR) is 197 cm³/mol. The van der Waals surface area contributed by atoms with Gasteiger partial charge >= 0.3 is 17.6 Å². The number of nitrogens with one attached hydrogen (secondary N) is 1. The number of H-pyrrole nitrogens is 1. The number of quaternary nitrogens is 1. The minimum Gasteiger partial charge on any atom is -0.756 e. The lowest BCUT2D eigenvalue weighted by Crippen LogP contribution is -2.37. The molecule has 16 nitrogen and oxygen atoms in total. The Morgan fingerprint density at radius 2 is 1.32 bits per heavy atom. The highest BCUT2D eigenvalue weighted by Crippen LogP contribution is 2.40. The molecular formula is C36H66N3O13P. The van der Waals surface area contributed by atoms with Crippen LogP contribution >= 0.6 is 7.82 Å². The van der Waals surface area contributed by atoms with Crippen molar-refractivity contribution in [3.63, 3.8) is 0 Å². The smallest absolute Gasteiger partial charge is 0.330 e. The number of aliphatic hydroxyl groups excluding tert-OH is 2. The Morgan fingerprint density at radius 3 is 1.85 bits per heavy atom. The number of nitrogens with zero attached hydrogens (tertiary/aromatic N) is 1. The van der Waals surface area contributed by atoms with E-state index in [2.05, 4.69) is 13.8 Å². The Bertz CT molecular complexity index is 1310. The summed E-state index contributed by atoms with van der Waals surface area (Å²) in [6.07, 6.45) is 13.4. The summed E-state index contributed by atoms with van der Waals surface area (Å²) in [6, 6.07) is 1.02. The molecule has 2 heterocycles. The van der Waals surface area contributed by atoms with E-state index >= 15 is 0 Å². The van der Waals surface area contributed by atoms with Crippen LogP contribution in [0.5, 0.6) is 0 Å². The van der Waals surface area contributed by atoms with Gasteiger partial charge in [-0.15, -0.1) is 0 Å². The number of hydrogen-bond donors (Lipinski definition) is 4. The normalized spacial score (nSPS) is 20.0. The van der Waals surface area contributed by atoms with E-state index < -0.39 is 81.5 Å². The van der Waals surface area contributed by atoms with Gasteiger partial charge in [0, 0.05) is 25.1 Å². The number of phosphoric ester groups is 1. The van der Waals surface area contributed by atoms with E-state index in [9.17, 15) is 38.8 Å². The van der Waals surface area contributed by atoms with E-state index in [1.165, 1.54) is 57.8 Å². The molecule has 2 unspecified atom stereocenters. The number of carbonyl (C=O) groups is 2. The van der Waals surface area contributed by atoms with Crippen molar-refractivity contribution < 1.29 is 52.5 Å². The van der Waals surface area contributed by atoms with Crippen LogP contribution in [0.1, 0.15) is 148 Å². The van der Waals surface area contributed by atoms with Crippen molar-refractivity contribution >= 4 is 19.8 Å². The molecule has 17 heteroatoms. The van der Waals surface area contributed by atoms with Gasteiger partial charge in [-0.1, -0.05) is 117 Å². The summed E-state index contributed by atoms with van der Waals surface area (Å²) >= 11 is 0. The molecule has 1 fully saturated rings. The zero-order valence-corrected chi connectivity index (χ0v) is 33.0. The number of aliphatic hydroxyl groups is 2. The Kier molecular flexibility index (Phi) is 25.7. The summed E-state index contributed by atoms with van der Waals surface area (Å²) in [5, 5.41) is 20.8. The number of ether oxygens (including phenoxy) is 3. The second-order valence-electron chi connectivity index (χ2n) is 13.6. The van der Waals surface area contributed by atoms with Crippen LogP contribution in [0.25, 0.3) is 0 Å². The van der Waals surface area contributed by atoms with E-state index in [0.29, 0.717) is 12.8 Å². The van der Waals surface area contributed by atoms with Gasteiger partial charge in [-0.2, -0.15) is 0 Å². The molecule has 1 aromatic rings. The van der Waals surface area contributed by atoms with Gasteiger partial charge in [0.1, 0.15) is 24.9 Å². The molecule has 0 aromatic carbocycles. The zero-order chi connectivity index (χ0) is 38.2. The average molecular weight is 780 g/mol. The molecule has 1 aromatic heterocycles. The van der Waals surface area contributed by atoms with Gasteiger partial charge < -0.3 is 44.5 Å². The molecule has 7 N–H and O–H groups in total. The van der Waals surface area contributed by atoms with Crippen molar-refractivity contribution in [2.24, 2.45) is 0 Å². The number of phosphoric acid groups is 1. The van der Waals surface area contributed by atoms with Crippen molar-refractivity contribution in [1.82, 2.24) is 15.7 Å². The lowest BCUT2D eigenvalue weighted by atomic mass is 10.1. The molecular weight excluding hydrogens is 713 g/mol. The molecule has 1 aliphatic rings. The van der Waals surface area contributed by atoms with Crippen LogP contribution in [-0.4, -0.2) is 75.9 Å². The largest absolute Gasteiger partial charge is 0.756 e. The van der Waals surface area contributed by atoms with Gasteiger partial charge in [-0.25, -0.2) is 4.79 Å². The Balaban J connectivity index is 0.0000140. The van der Waals surface area contributed by atoms with E-state index in [-0.39, 0.29) is 19.0 Å². The van der Waals surface area contributed by atoms with Crippen molar-refractivity contribution in [3.8, 4) is 0 Å². The average Bonchev–Trinajstić information content (AvgIpc) is 3.39. The Labute approximate surface area is 313 Å². The summed E-state index contributed by atoms with van der Waals surface area (Å²) in [4.78, 5) is 63.2. The number of carbonyl (C=O) groups excluding carboxylic acids is 2. The summed E-state index contributed by atoms with van der Waals surface area (Å²) in [6.45, 7) is 2.47. The molecule has 0 bridgehead atoms. The molecule has 2 rings (SSSR count). The first-order chi connectivity index (χ1) is 25.0. The second kappa shape index (κ2) is 28.0. The van der Waals surface area contributed by atoms with Crippen molar-refractivity contribution in [1.29, 1.82) is 0 Å². The third kappa shape index (κ3) is 20.7. The summed E-state index contributed by atoms with van der Waals surface area (Å²) in [7, 11) is -5.10. The highest BCUT2D eigenvalue weighted by Gasteiger charge is 2.44. The van der Waals surface area contributed by atoms with Crippen LogP contribution in [0.3, 0.4) is 0 Å². The molecule has 0 saturated carbocycles. The van der Waals surface area contributed by atoms with Crippen LogP contribution in [-0.2, 0) is 37.4 Å². The number of unbranched alkanes of at least 4 members (excludes halogenated alkanes) is 16. The van der Waals surface area contributed by atoms with Crippen molar-refractivity contribution in [3.05, 3.63) is 33.1 Å². The Morgan fingerprint density at radius 1 is 0.811 bits per heavy atom. The molecule has 0 amide bonds. The molecule has 6 atom stereocenters. The van der Waals surface area contributed by atoms with Crippen molar-refractivity contribution in [2.75, 3.05) is 19.8 Å². The van der Waals surface area contributed by atoms with Crippen LogP contribution in [0, 0.1) is 0 Å². The Hall–Kier alpha value is -2.43. The highest BCUT2D eigenvalue weighted by atomic mass is 31.2. The number of hydrogen-bond acceptors (Lipinski definition) is 13. The maximum atomic E-state index is 12.6. The maximum absolute atomic E-state index is 12.6. The standard InChI is InChI=1S/C36H63N2O13P.H3N/c1-3-5-7-9-11-13-15-17-19-21-31(40)47-25-28(50-32(41)22-20-18-16-14-12-10-8-6-4-2)26-48-52(45,46)49-27-29-33(42)34(43)35(51-29)38-24-23-30(39)37-36(38)44;/h23-24,28-29,33-35,42-43H,3-22,25-27H2,1-2H3,(H,45,46)(H,37,39,44);1H3/t28-,29+,33?,34-,35+;/m0./s1. The van der Waals surface area contributed by atoms with Crippen LogP contribution < -0.4 is 22.3 Å². The second-order valence-corrected chi connectivity index (χ2v) is 15.0. The van der Waals surface area contributed by atoms with Crippen LogP contribution in [0.2, 0.25) is 0 Å². The number of aromatic amines is 1. The number of esters is 2. The highest BCUT2D eigenvalue weighted by molar-refractivity contribution is 7.45. The first kappa shape index (κ1) is 48.6. The van der Waals surface area contributed by atoms with E-state index in [1.54, 1.807) is 0 Å². The third-order valence-corrected chi connectivity index (χ3v) is 9.91. The van der Waals surface area contributed by atoms with Crippen molar-refractivity contribution in [2.45, 2.75) is 173 Å². The van der Waals surface area contributed by atoms with Gasteiger partial charge in [0.2, 0.25) is 0 Å². The van der Waals surface area contributed by atoms with Gasteiger partial charge in [-0.05, 0) is 12.8 Å². The minimum atomic E-state index is -5.10. The van der Waals surface area contributed by atoms with Gasteiger partial charge in [0.25, 0.3) is 13.4 Å². The quantitative estimate of drug-likeness (QED) is 0.0438. The topological polar surface area (TPSA) is 252 Å². The molecule has 308 valence electrons. The molecule has 53 heavy (non-hydrogen) atoms. The maximum Gasteiger partial charge on any atom is 0.330 e. The van der Waals surface area contributed by atoms with Crippen LogP contribution in [0.15, 0.2) is 21.9 Å². The number of aromatic nitrogens is 2. The first-order valence-electron chi connectivity index (χ1n) is 19.3. The molecule has 1 saturated heterocycles. The first-order valence-corrected chi connectivity index (χ1v) is 20.7. The number of rotatable bonds is 30. The summed E-state index contributed by atoms with van der Waals surface area (Å²) in [5.41, 5.74) is -1.59. The van der Waals surface area contributed by atoms with E-state index in [4.69, 9.17) is 23.3 Å². The predicted octanol–water partition coefficient (Wildman–Crippen LogP) is 5.33. The van der Waals surface area contributed by atoms with Crippen LogP contribution in [0.4, 0.5) is 0 Å². The monoisotopic (exact) mass is 779 g/mol.